The number of aromatic nitrogens is 1. The molecule has 34 heavy (non-hydrogen) atoms. The van der Waals surface area contributed by atoms with Crippen LogP contribution in [0.25, 0.3) is 0 Å². The van der Waals surface area contributed by atoms with Gasteiger partial charge in [-0.05, 0) is 11.8 Å². The number of carboxylic acids is 1. The molecule has 1 unspecified atom stereocenters. The Balaban J connectivity index is 1.74. The van der Waals surface area contributed by atoms with Gasteiger partial charge >= 0.3 is 11.9 Å². The summed E-state index contributed by atoms with van der Waals surface area (Å²) < 4.78 is 4.89. The third-order valence-electron chi connectivity index (χ3n) is 4.46. The predicted octanol–water partition coefficient (Wildman–Crippen LogP) is -0.0380. The highest BCUT2D eigenvalue weighted by molar-refractivity contribution is 8.03. The molecule has 0 radical (unpaired) electrons. The van der Waals surface area contributed by atoms with E-state index in [1.165, 1.54) is 24.1 Å². The zero-order chi connectivity index (χ0) is 24.8. The number of nitrogens with one attached hydrogen (secondary N) is 1. The number of carbonyl (C=O) groups is 4. The number of hydrogen-bond donors (Lipinski definition) is 3. The molecule has 2 aliphatic heterocycles. The number of thiazole rings is 1. The lowest BCUT2D eigenvalue weighted by Gasteiger charge is -2.49. The van der Waals surface area contributed by atoms with Crippen molar-refractivity contribution in [1.29, 1.82) is 5.26 Å². The summed E-state index contributed by atoms with van der Waals surface area (Å²) in [5, 5.41) is 27.4. The Morgan fingerprint density at radius 3 is 2.88 bits per heavy atom. The number of esters is 1. The zero-order valence-electron chi connectivity index (χ0n) is 17.5. The van der Waals surface area contributed by atoms with Crippen LogP contribution in [-0.2, 0) is 28.8 Å². The number of ether oxygens (including phenoxy) is 1. The average molecular weight is 527 g/mol. The molecule has 180 valence electrons. The Hall–Kier alpha value is -3.29. The van der Waals surface area contributed by atoms with E-state index in [-0.39, 0.29) is 46.8 Å². The number of rotatable bonds is 10. The molecule has 1 aromatic heterocycles. The van der Waals surface area contributed by atoms with Gasteiger partial charge in [0.15, 0.2) is 10.8 Å². The van der Waals surface area contributed by atoms with Gasteiger partial charge in [0, 0.05) is 29.4 Å². The number of nitriles is 1. The Morgan fingerprint density at radius 1 is 1.50 bits per heavy atom. The first-order valence-electron chi connectivity index (χ1n) is 9.51. The van der Waals surface area contributed by atoms with Crippen LogP contribution < -0.4 is 11.1 Å². The number of thiocyanates is 1. The number of carboxylic acid groups (broad SMARTS) is 1. The van der Waals surface area contributed by atoms with Crippen molar-refractivity contribution in [2.24, 2.45) is 5.16 Å². The second-order valence-electron chi connectivity index (χ2n) is 6.68. The molecular weight excluding hydrogens is 508 g/mol. The van der Waals surface area contributed by atoms with Gasteiger partial charge in [-0.3, -0.25) is 19.3 Å². The number of oxime groups is 1. The van der Waals surface area contributed by atoms with E-state index in [0.717, 1.165) is 28.0 Å². The van der Waals surface area contributed by atoms with Crippen LogP contribution in [-0.4, -0.2) is 80.6 Å². The fourth-order valence-corrected chi connectivity index (χ4v) is 5.15. The molecule has 0 saturated carbocycles. The van der Waals surface area contributed by atoms with E-state index < -0.39 is 35.2 Å². The highest BCUT2D eigenvalue weighted by Crippen LogP contribution is 2.40. The lowest BCUT2D eigenvalue weighted by atomic mass is 10.0. The molecular formula is C18H18N6O7S3. The molecule has 0 aromatic carbocycles. The Bertz CT molecular complexity index is 1110. The summed E-state index contributed by atoms with van der Waals surface area (Å²) in [7, 11) is 0. The smallest absolute Gasteiger partial charge is 0.352 e. The van der Waals surface area contributed by atoms with E-state index in [0.29, 0.717) is 5.75 Å². The summed E-state index contributed by atoms with van der Waals surface area (Å²) in [4.78, 5) is 58.8. The fourth-order valence-electron chi connectivity index (χ4n) is 3.03. The van der Waals surface area contributed by atoms with E-state index in [4.69, 9.17) is 20.6 Å². The third-order valence-corrected chi connectivity index (χ3v) is 6.98. The highest BCUT2D eigenvalue weighted by atomic mass is 32.2. The maximum Gasteiger partial charge on any atom is 0.352 e. The van der Waals surface area contributed by atoms with Crippen molar-refractivity contribution >= 4 is 69.5 Å². The number of amides is 2. The number of β-lactam (4-membered cyclic amide) rings is 1. The number of nitrogens with zero attached hydrogens (tertiary/aromatic N) is 4. The molecule has 2 aliphatic rings. The van der Waals surface area contributed by atoms with Gasteiger partial charge < -0.3 is 25.7 Å². The standard InChI is InChI=1S/C18H18N6O7S3/c1-8(25)30-4-9-5-33-16-12(15(27)24(16)13(9)17(28)29)22-14(26)11(10-6-34-18(20)21-10)23-31-2-3-32-7-19/h6,12,16H,2-5H2,1H3,(H2,20,21)(H,22,26)(H,28,29)/t12?,16-/m1/s1. The number of anilines is 1. The molecule has 1 fully saturated rings. The van der Waals surface area contributed by atoms with Gasteiger partial charge in [0.05, 0.1) is 0 Å². The number of nitrogens with two attached hydrogens (primary N) is 1. The molecule has 3 heterocycles. The van der Waals surface area contributed by atoms with Crippen molar-refractivity contribution in [3.8, 4) is 5.40 Å². The number of nitrogen functional groups attached to an aromatic ring is 1. The topological polar surface area (TPSA) is 197 Å². The van der Waals surface area contributed by atoms with E-state index in [2.05, 4.69) is 15.5 Å². The molecule has 0 aliphatic carbocycles. The SMILES string of the molecule is CC(=O)OCC1=C(C(=O)O)N2C(=O)C(NC(=O)C(=NOCCSC#N)c3csc(N)n3)[C@H]2SC1. The van der Waals surface area contributed by atoms with Crippen LogP contribution in [0, 0.1) is 10.7 Å². The van der Waals surface area contributed by atoms with Crippen molar-refractivity contribution in [3.05, 3.63) is 22.3 Å². The Morgan fingerprint density at radius 2 is 2.26 bits per heavy atom. The molecule has 1 aromatic rings. The maximum atomic E-state index is 12.9. The molecule has 2 atom stereocenters. The molecule has 0 spiro atoms. The van der Waals surface area contributed by atoms with E-state index in [1.807, 2.05) is 5.40 Å². The van der Waals surface area contributed by atoms with Gasteiger partial charge in [0.1, 0.15) is 41.4 Å². The van der Waals surface area contributed by atoms with E-state index >= 15 is 0 Å². The van der Waals surface area contributed by atoms with Crippen molar-refractivity contribution in [3.63, 3.8) is 0 Å². The molecule has 2 amide bonds. The maximum absolute atomic E-state index is 12.9. The van der Waals surface area contributed by atoms with Gasteiger partial charge in [-0.15, -0.1) is 23.1 Å². The second kappa shape index (κ2) is 11.2. The van der Waals surface area contributed by atoms with Crippen LogP contribution in [0.2, 0.25) is 0 Å². The normalized spacial score (nSPS) is 19.6. The number of aliphatic carboxylic acids is 1. The lowest BCUT2D eigenvalue weighted by Crippen LogP contribution is -2.71. The van der Waals surface area contributed by atoms with E-state index in [9.17, 15) is 24.3 Å². The largest absolute Gasteiger partial charge is 0.477 e. The quantitative estimate of drug-likeness (QED) is 0.0920. The number of thioether (sulfide) groups is 2. The Kier molecular flexibility index (Phi) is 8.36. The summed E-state index contributed by atoms with van der Waals surface area (Å²) in [6.45, 7) is 1.00. The molecule has 1 saturated heterocycles. The summed E-state index contributed by atoms with van der Waals surface area (Å²) >= 11 is 3.26. The van der Waals surface area contributed by atoms with Crippen molar-refractivity contribution in [1.82, 2.24) is 15.2 Å². The van der Waals surface area contributed by atoms with Crippen LogP contribution in [0.5, 0.6) is 0 Å². The first-order chi connectivity index (χ1) is 16.2. The third kappa shape index (κ3) is 5.61. The van der Waals surface area contributed by atoms with Gasteiger partial charge in [0.25, 0.3) is 11.8 Å². The molecule has 3 rings (SSSR count). The van der Waals surface area contributed by atoms with Crippen LogP contribution in [0.4, 0.5) is 5.13 Å². The van der Waals surface area contributed by atoms with Crippen molar-refractivity contribution in [2.75, 3.05) is 30.5 Å². The fraction of sp³-hybridized carbons (Fsp3) is 0.389. The van der Waals surface area contributed by atoms with Gasteiger partial charge in [0.2, 0.25) is 0 Å². The van der Waals surface area contributed by atoms with Crippen LogP contribution in [0.15, 0.2) is 21.8 Å². The van der Waals surface area contributed by atoms with Crippen LogP contribution >= 0.6 is 34.9 Å². The zero-order valence-corrected chi connectivity index (χ0v) is 20.0. The second-order valence-corrected chi connectivity index (χ2v) is 9.56. The lowest BCUT2D eigenvalue weighted by molar-refractivity contribution is -0.150. The summed E-state index contributed by atoms with van der Waals surface area (Å²) in [5.74, 6) is -2.79. The van der Waals surface area contributed by atoms with E-state index in [1.54, 1.807) is 0 Å². The molecule has 16 heteroatoms. The molecule has 0 bridgehead atoms. The monoisotopic (exact) mass is 526 g/mol. The Labute approximate surface area is 205 Å². The van der Waals surface area contributed by atoms with Gasteiger partial charge in [-0.2, -0.15) is 5.26 Å². The van der Waals surface area contributed by atoms with Crippen LogP contribution in [0.3, 0.4) is 0 Å². The summed E-state index contributed by atoms with van der Waals surface area (Å²) in [6.07, 6.45) is 0. The summed E-state index contributed by atoms with van der Waals surface area (Å²) in [6, 6.07) is -1.02. The first-order valence-corrected chi connectivity index (χ1v) is 12.4. The average Bonchev–Trinajstić information content (AvgIpc) is 3.23. The molecule has 4 N–H and O–H groups in total. The minimum Gasteiger partial charge on any atom is -0.477 e. The minimum absolute atomic E-state index is 0.0567. The van der Waals surface area contributed by atoms with Crippen LogP contribution in [0.1, 0.15) is 12.6 Å². The van der Waals surface area contributed by atoms with Gasteiger partial charge in [-0.25, -0.2) is 9.78 Å². The minimum atomic E-state index is -1.34. The number of carbonyl (C=O) groups excluding carboxylic acids is 3. The molecule has 13 nitrogen and oxygen atoms in total. The first kappa shape index (κ1) is 25.3. The number of fused-ring (bicyclic) bond motifs is 1. The van der Waals surface area contributed by atoms with Crippen molar-refractivity contribution < 1.29 is 33.9 Å². The summed E-state index contributed by atoms with van der Waals surface area (Å²) in [5.41, 5.74) is 5.59. The number of hydrogen-bond acceptors (Lipinski definition) is 13. The van der Waals surface area contributed by atoms with Crippen molar-refractivity contribution in [2.45, 2.75) is 18.3 Å². The van der Waals surface area contributed by atoms with Gasteiger partial charge in [-0.1, -0.05) is 5.16 Å². The predicted molar refractivity (Wildman–Crippen MR) is 123 cm³/mol. The highest BCUT2D eigenvalue weighted by Gasteiger charge is 2.54.